The molecule has 0 amide bonds. The molecule has 2 aromatic rings. The molecule has 4 heteroatoms. The summed E-state index contributed by atoms with van der Waals surface area (Å²) in [5.74, 6) is 2.73. The zero-order valence-electron chi connectivity index (χ0n) is 12.8. The third-order valence-corrected chi connectivity index (χ3v) is 3.29. The quantitative estimate of drug-likeness (QED) is 0.755. The SMILES string of the molecule is CC(C)CCCCNc1cc(N)nc(-c2ccccc2)n1. The largest absolute Gasteiger partial charge is 0.384 e. The van der Waals surface area contributed by atoms with Gasteiger partial charge in [0.2, 0.25) is 0 Å². The third kappa shape index (κ3) is 5.06. The molecule has 2 rings (SSSR count). The Morgan fingerprint density at radius 3 is 2.57 bits per heavy atom. The second-order valence-corrected chi connectivity index (χ2v) is 5.68. The number of rotatable bonds is 7. The molecule has 0 aliphatic heterocycles. The Balaban J connectivity index is 1.96. The number of anilines is 2. The van der Waals surface area contributed by atoms with Crippen LogP contribution in [0.5, 0.6) is 0 Å². The molecule has 21 heavy (non-hydrogen) atoms. The van der Waals surface area contributed by atoms with Crippen LogP contribution in [-0.2, 0) is 0 Å². The van der Waals surface area contributed by atoms with Crippen LogP contribution in [0.2, 0.25) is 0 Å². The Labute approximate surface area is 126 Å². The van der Waals surface area contributed by atoms with Gasteiger partial charge in [0.15, 0.2) is 5.82 Å². The molecule has 3 N–H and O–H groups in total. The Kier molecular flexibility index (Phi) is 5.55. The average molecular weight is 284 g/mol. The summed E-state index contributed by atoms with van der Waals surface area (Å²) in [5.41, 5.74) is 6.86. The average Bonchev–Trinajstić information content (AvgIpc) is 2.47. The van der Waals surface area contributed by atoms with Crippen LogP contribution in [0.4, 0.5) is 11.6 Å². The van der Waals surface area contributed by atoms with Crippen molar-refractivity contribution in [1.29, 1.82) is 0 Å². The highest BCUT2D eigenvalue weighted by Gasteiger charge is 2.04. The molecule has 0 aliphatic carbocycles. The number of hydrogen-bond acceptors (Lipinski definition) is 4. The van der Waals surface area contributed by atoms with Gasteiger partial charge in [0.25, 0.3) is 0 Å². The number of aromatic nitrogens is 2. The van der Waals surface area contributed by atoms with Crippen LogP contribution in [0.3, 0.4) is 0 Å². The number of benzene rings is 1. The van der Waals surface area contributed by atoms with Crippen molar-refractivity contribution in [3.63, 3.8) is 0 Å². The molecule has 0 atom stereocenters. The fourth-order valence-corrected chi connectivity index (χ4v) is 2.17. The minimum atomic E-state index is 0.494. The van der Waals surface area contributed by atoms with Crippen molar-refractivity contribution >= 4 is 11.6 Å². The Bertz CT molecular complexity index is 552. The molecule has 0 fully saturated rings. The first-order valence-corrected chi connectivity index (χ1v) is 7.59. The van der Waals surface area contributed by atoms with Gasteiger partial charge in [-0.15, -0.1) is 0 Å². The van der Waals surface area contributed by atoms with E-state index in [1.165, 1.54) is 12.8 Å². The van der Waals surface area contributed by atoms with Crippen molar-refractivity contribution in [2.45, 2.75) is 33.1 Å². The fraction of sp³-hybridized carbons (Fsp3) is 0.412. The number of nitrogen functional groups attached to an aromatic ring is 1. The zero-order chi connectivity index (χ0) is 15.1. The van der Waals surface area contributed by atoms with Crippen molar-refractivity contribution in [1.82, 2.24) is 9.97 Å². The van der Waals surface area contributed by atoms with Crippen molar-refractivity contribution in [2.24, 2.45) is 5.92 Å². The summed E-state index contributed by atoms with van der Waals surface area (Å²) in [5, 5.41) is 3.34. The van der Waals surface area contributed by atoms with Crippen LogP contribution in [-0.4, -0.2) is 16.5 Å². The Morgan fingerprint density at radius 2 is 1.86 bits per heavy atom. The summed E-state index contributed by atoms with van der Waals surface area (Å²) in [4.78, 5) is 8.83. The topological polar surface area (TPSA) is 63.8 Å². The Hall–Kier alpha value is -2.10. The van der Waals surface area contributed by atoms with Gasteiger partial charge in [-0.05, 0) is 12.3 Å². The van der Waals surface area contributed by atoms with Gasteiger partial charge in [-0.25, -0.2) is 9.97 Å². The number of hydrogen-bond donors (Lipinski definition) is 2. The maximum absolute atomic E-state index is 5.88. The molecule has 0 spiro atoms. The molecule has 0 saturated heterocycles. The second-order valence-electron chi connectivity index (χ2n) is 5.68. The first-order valence-electron chi connectivity index (χ1n) is 7.59. The summed E-state index contributed by atoms with van der Waals surface area (Å²) >= 11 is 0. The van der Waals surface area contributed by atoms with E-state index in [0.717, 1.165) is 30.3 Å². The van der Waals surface area contributed by atoms with Crippen LogP contribution in [0.25, 0.3) is 11.4 Å². The van der Waals surface area contributed by atoms with E-state index in [1.54, 1.807) is 6.07 Å². The minimum absolute atomic E-state index is 0.494. The van der Waals surface area contributed by atoms with E-state index in [0.29, 0.717) is 11.6 Å². The van der Waals surface area contributed by atoms with Crippen molar-refractivity contribution in [3.8, 4) is 11.4 Å². The lowest BCUT2D eigenvalue weighted by Gasteiger charge is -2.09. The van der Waals surface area contributed by atoms with Gasteiger partial charge >= 0.3 is 0 Å². The molecular weight excluding hydrogens is 260 g/mol. The lowest BCUT2D eigenvalue weighted by Crippen LogP contribution is -2.06. The van der Waals surface area contributed by atoms with E-state index >= 15 is 0 Å². The van der Waals surface area contributed by atoms with Gasteiger partial charge in [0, 0.05) is 18.2 Å². The zero-order valence-corrected chi connectivity index (χ0v) is 12.8. The van der Waals surface area contributed by atoms with Gasteiger partial charge in [-0.1, -0.05) is 57.0 Å². The molecule has 1 heterocycles. The van der Waals surface area contributed by atoms with Gasteiger partial charge < -0.3 is 11.1 Å². The highest BCUT2D eigenvalue weighted by atomic mass is 15.0. The monoisotopic (exact) mass is 284 g/mol. The van der Waals surface area contributed by atoms with Crippen LogP contribution in [0, 0.1) is 5.92 Å². The molecule has 0 bridgehead atoms. The summed E-state index contributed by atoms with van der Waals surface area (Å²) in [6.07, 6.45) is 3.64. The number of nitrogens with zero attached hydrogens (tertiary/aromatic N) is 2. The molecule has 1 aromatic heterocycles. The number of nitrogens with two attached hydrogens (primary N) is 1. The standard InChI is InChI=1S/C17H24N4/c1-13(2)8-6-7-11-19-16-12-15(18)20-17(21-16)14-9-4-3-5-10-14/h3-5,9-10,12-13H,6-8,11H2,1-2H3,(H3,18,19,20,21). The molecule has 0 saturated carbocycles. The Morgan fingerprint density at radius 1 is 1.10 bits per heavy atom. The van der Waals surface area contributed by atoms with Crippen LogP contribution < -0.4 is 11.1 Å². The van der Waals surface area contributed by atoms with E-state index in [1.807, 2.05) is 30.3 Å². The summed E-state index contributed by atoms with van der Waals surface area (Å²) < 4.78 is 0. The molecular formula is C17H24N4. The van der Waals surface area contributed by atoms with Gasteiger partial charge in [0.05, 0.1) is 0 Å². The number of unbranched alkanes of at least 4 members (excludes halogenated alkanes) is 1. The van der Waals surface area contributed by atoms with Crippen molar-refractivity contribution < 1.29 is 0 Å². The summed E-state index contributed by atoms with van der Waals surface area (Å²) in [6, 6.07) is 11.7. The summed E-state index contributed by atoms with van der Waals surface area (Å²) in [6.45, 7) is 5.42. The van der Waals surface area contributed by atoms with E-state index in [9.17, 15) is 0 Å². The summed E-state index contributed by atoms with van der Waals surface area (Å²) in [7, 11) is 0. The van der Waals surface area contributed by atoms with Crippen LogP contribution in [0.1, 0.15) is 33.1 Å². The van der Waals surface area contributed by atoms with Crippen LogP contribution >= 0.6 is 0 Å². The first kappa shape index (κ1) is 15.3. The molecule has 4 nitrogen and oxygen atoms in total. The molecule has 0 aliphatic rings. The smallest absolute Gasteiger partial charge is 0.163 e. The normalized spacial score (nSPS) is 10.8. The number of nitrogens with one attached hydrogen (secondary N) is 1. The molecule has 1 aromatic carbocycles. The highest BCUT2D eigenvalue weighted by Crippen LogP contribution is 2.18. The van der Waals surface area contributed by atoms with Gasteiger partial charge in [-0.2, -0.15) is 0 Å². The van der Waals surface area contributed by atoms with E-state index in [-0.39, 0.29) is 0 Å². The molecule has 0 unspecified atom stereocenters. The maximum atomic E-state index is 5.88. The van der Waals surface area contributed by atoms with E-state index in [2.05, 4.69) is 29.1 Å². The third-order valence-electron chi connectivity index (χ3n) is 3.29. The van der Waals surface area contributed by atoms with Gasteiger partial charge in [0.1, 0.15) is 11.6 Å². The molecule has 0 radical (unpaired) electrons. The fourth-order valence-electron chi connectivity index (χ4n) is 2.17. The maximum Gasteiger partial charge on any atom is 0.163 e. The highest BCUT2D eigenvalue weighted by molar-refractivity contribution is 5.60. The predicted octanol–water partition coefficient (Wildman–Crippen LogP) is 3.96. The minimum Gasteiger partial charge on any atom is -0.384 e. The van der Waals surface area contributed by atoms with Crippen molar-refractivity contribution in [3.05, 3.63) is 36.4 Å². The van der Waals surface area contributed by atoms with Crippen LogP contribution in [0.15, 0.2) is 36.4 Å². The van der Waals surface area contributed by atoms with Crippen molar-refractivity contribution in [2.75, 3.05) is 17.6 Å². The van der Waals surface area contributed by atoms with Gasteiger partial charge in [-0.3, -0.25) is 0 Å². The lowest BCUT2D eigenvalue weighted by molar-refractivity contribution is 0.544. The second kappa shape index (κ2) is 7.62. The predicted molar refractivity (Wildman–Crippen MR) is 89.1 cm³/mol. The molecule has 112 valence electrons. The first-order chi connectivity index (χ1) is 10.1. The van der Waals surface area contributed by atoms with E-state index < -0.39 is 0 Å². The van der Waals surface area contributed by atoms with E-state index in [4.69, 9.17) is 5.73 Å². The lowest BCUT2D eigenvalue weighted by atomic mass is 10.1.